The molecule has 0 spiro atoms. The fourth-order valence-electron chi connectivity index (χ4n) is 3.11. The van der Waals surface area contributed by atoms with Gasteiger partial charge in [0.15, 0.2) is 10.9 Å². The van der Waals surface area contributed by atoms with Crippen molar-refractivity contribution in [1.29, 1.82) is 0 Å². The van der Waals surface area contributed by atoms with Crippen molar-refractivity contribution in [1.82, 2.24) is 9.97 Å². The number of nitrogens with one attached hydrogen (secondary N) is 2. The Hall–Kier alpha value is -3.47. The summed E-state index contributed by atoms with van der Waals surface area (Å²) in [6, 6.07) is 9.32. The molecule has 0 aliphatic heterocycles. The second-order valence-corrected chi connectivity index (χ2v) is 7.97. The lowest BCUT2D eigenvalue weighted by Crippen LogP contribution is -2.20. The zero-order valence-electron chi connectivity index (χ0n) is 18.6. The summed E-state index contributed by atoms with van der Waals surface area (Å²) in [5.74, 6) is 0.255. The molecule has 0 radical (unpaired) electrons. The van der Waals surface area contributed by atoms with Crippen LogP contribution in [0.25, 0.3) is 0 Å². The Morgan fingerprint density at radius 2 is 1.91 bits per heavy atom. The fourth-order valence-corrected chi connectivity index (χ4v) is 3.53. The lowest BCUT2D eigenvalue weighted by Gasteiger charge is -2.16. The standard InChI is InChI=1S/C23H22F3N3O4S/c1-13-17(21(31)29-22(27-13)34-3)8-10-20(30)28-18-11-14(23(24,25)26)7-9-19(18)33-16-6-4-5-15(12-16)32-2/h4-7,9,11-12H,8,10H2,1-3H3,(H,28,30)(H,27,29,31). The second-order valence-electron chi connectivity index (χ2n) is 7.18. The van der Waals surface area contributed by atoms with Crippen LogP contribution in [0.2, 0.25) is 0 Å². The predicted molar refractivity (Wildman–Crippen MR) is 123 cm³/mol. The van der Waals surface area contributed by atoms with Gasteiger partial charge in [0.1, 0.15) is 11.5 Å². The number of methoxy groups -OCH3 is 1. The molecule has 0 unspecified atom stereocenters. The number of thioether (sulfide) groups is 1. The van der Waals surface area contributed by atoms with E-state index in [0.29, 0.717) is 27.9 Å². The molecule has 1 aromatic heterocycles. The first-order chi connectivity index (χ1) is 16.1. The Balaban J connectivity index is 1.82. The van der Waals surface area contributed by atoms with Gasteiger partial charge in [0.25, 0.3) is 5.56 Å². The molecule has 11 heteroatoms. The van der Waals surface area contributed by atoms with E-state index in [9.17, 15) is 22.8 Å². The number of benzene rings is 2. The first-order valence-corrected chi connectivity index (χ1v) is 11.3. The number of carbonyl (C=O) groups is 1. The minimum atomic E-state index is -4.61. The third kappa shape index (κ3) is 6.31. The van der Waals surface area contributed by atoms with Crippen LogP contribution >= 0.6 is 11.8 Å². The van der Waals surface area contributed by atoms with Crippen LogP contribution in [0.1, 0.15) is 23.2 Å². The Morgan fingerprint density at radius 1 is 1.18 bits per heavy atom. The summed E-state index contributed by atoms with van der Waals surface area (Å²) in [7, 11) is 1.47. The number of hydrogen-bond acceptors (Lipinski definition) is 6. The minimum absolute atomic E-state index is 0.0228. The monoisotopic (exact) mass is 493 g/mol. The van der Waals surface area contributed by atoms with Gasteiger partial charge in [-0.05, 0) is 49.9 Å². The number of H-pyrrole nitrogens is 1. The van der Waals surface area contributed by atoms with E-state index in [0.717, 1.165) is 18.2 Å². The summed E-state index contributed by atoms with van der Waals surface area (Å²) in [5, 5.41) is 2.93. The highest BCUT2D eigenvalue weighted by Crippen LogP contribution is 2.37. The highest BCUT2D eigenvalue weighted by atomic mass is 32.2. The van der Waals surface area contributed by atoms with E-state index >= 15 is 0 Å². The molecule has 0 aliphatic rings. The maximum atomic E-state index is 13.3. The quantitative estimate of drug-likeness (QED) is 0.331. The van der Waals surface area contributed by atoms with Crippen LogP contribution in [0.3, 0.4) is 0 Å². The fraction of sp³-hybridized carbons (Fsp3) is 0.261. The van der Waals surface area contributed by atoms with E-state index in [1.165, 1.54) is 18.9 Å². The molecule has 34 heavy (non-hydrogen) atoms. The van der Waals surface area contributed by atoms with Gasteiger partial charge in [-0.3, -0.25) is 9.59 Å². The third-order valence-electron chi connectivity index (χ3n) is 4.85. The molecular weight excluding hydrogens is 471 g/mol. The van der Waals surface area contributed by atoms with Crippen LogP contribution in [-0.2, 0) is 17.4 Å². The van der Waals surface area contributed by atoms with Crippen molar-refractivity contribution < 1.29 is 27.4 Å². The van der Waals surface area contributed by atoms with Crippen molar-refractivity contribution in [2.24, 2.45) is 0 Å². The van der Waals surface area contributed by atoms with Gasteiger partial charge in [-0.25, -0.2) is 4.98 Å². The topological polar surface area (TPSA) is 93.3 Å². The van der Waals surface area contributed by atoms with E-state index in [4.69, 9.17) is 9.47 Å². The van der Waals surface area contributed by atoms with Crippen LogP contribution in [0.15, 0.2) is 52.4 Å². The van der Waals surface area contributed by atoms with Crippen molar-refractivity contribution in [3.8, 4) is 17.2 Å². The molecule has 0 saturated carbocycles. The van der Waals surface area contributed by atoms with Crippen molar-refractivity contribution in [3.05, 3.63) is 69.6 Å². The zero-order valence-corrected chi connectivity index (χ0v) is 19.4. The molecule has 180 valence electrons. The van der Waals surface area contributed by atoms with E-state index in [1.54, 1.807) is 37.4 Å². The largest absolute Gasteiger partial charge is 0.497 e. The summed E-state index contributed by atoms with van der Waals surface area (Å²) in [6.45, 7) is 1.66. The van der Waals surface area contributed by atoms with Gasteiger partial charge < -0.3 is 19.8 Å². The number of amides is 1. The summed E-state index contributed by atoms with van der Waals surface area (Å²) in [4.78, 5) is 31.7. The molecule has 0 saturated heterocycles. The number of hydrogen-bond donors (Lipinski definition) is 2. The number of halogens is 3. The Morgan fingerprint density at radius 3 is 2.56 bits per heavy atom. The van der Waals surface area contributed by atoms with Gasteiger partial charge in [0.2, 0.25) is 5.91 Å². The number of aromatic nitrogens is 2. The Bertz CT molecular complexity index is 1240. The normalized spacial score (nSPS) is 11.2. The highest BCUT2D eigenvalue weighted by molar-refractivity contribution is 7.98. The minimum Gasteiger partial charge on any atom is -0.497 e. The van der Waals surface area contributed by atoms with Crippen LogP contribution in [0.4, 0.5) is 18.9 Å². The third-order valence-corrected chi connectivity index (χ3v) is 5.43. The predicted octanol–water partition coefficient (Wildman–Crippen LogP) is 5.19. The Kier molecular flexibility index (Phi) is 7.87. The van der Waals surface area contributed by atoms with E-state index in [2.05, 4.69) is 15.3 Å². The van der Waals surface area contributed by atoms with Crippen molar-refractivity contribution in [3.63, 3.8) is 0 Å². The molecule has 0 aliphatic carbocycles. The average Bonchev–Trinajstić information content (AvgIpc) is 2.78. The van der Waals surface area contributed by atoms with Gasteiger partial charge in [-0.15, -0.1) is 0 Å². The number of rotatable bonds is 8. The lowest BCUT2D eigenvalue weighted by atomic mass is 10.1. The SMILES string of the molecule is COc1cccc(Oc2ccc(C(F)(F)F)cc2NC(=O)CCc2c(C)nc(SC)[nH]c2=O)c1. The molecule has 7 nitrogen and oxygen atoms in total. The number of aromatic amines is 1. The van der Waals surface area contributed by atoms with Crippen molar-refractivity contribution in [2.45, 2.75) is 31.1 Å². The van der Waals surface area contributed by atoms with E-state index in [-0.39, 0.29) is 29.8 Å². The number of carbonyl (C=O) groups excluding carboxylic acids is 1. The molecule has 2 aromatic carbocycles. The van der Waals surface area contributed by atoms with Gasteiger partial charge in [-0.2, -0.15) is 13.2 Å². The first kappa shape index (κ1) is 25.2. The van der Waals surface area contributed by atoms with Crippen molar-refractivity contribution in [2.75, 3.05) is 18.7 Å². The number of aryl methyl sites for hydroxylation is 1. The maximum Gasteiger partial charge on any atom is 0.416 e. The molecule has 1 heterocycles. The van der Waals surface area contributed by atoms with Gasteiger partial charge >= 0.3 is 6.18 Å². The van der Waals surface area contributed by atoms with Crippen LogP contribution in [0, 0.1) is 6.92 Å². The number of nitrogens with zero attached hydrogens (tertiary/aromatic N) is 1. The first-order valence-electron chi connectivity index (χ1n) is 10.1. The van der Waals surface area contributed by atoms with Crippen LogP contribution in [-0.4, -0.2) is 29.2 Å². The van der Waals surface area contributed by atoms with Gasteiger partial charge in [0, 0.05) is 23.7 Å². The molecular formula is C23H22F3N3O4S. The Labute approximate surface area is 197 Å². The molecule has 3 rings (SSSR count). The molecule has 3 aromatic rings. The zero-order chi connectivity index (χ0) is 24.9. The summed E-state index contributed by atoms with van der Waals surface area (Å²) < 4.78 is 50.6. The lowest BCUT2D eigenvalue weighted by molar-refractivity contribution is -0.137. The smallest absolute Gasteiger partial charge is 0.416 e. The van der Waals surface area contributed by atoms with Crippen LogP contribution in [0.5, 0.6) is 17.2 Å². The van der Waals surface area contributed by atoms with Gasteiger partial charge in [0.05, 0.1) is 18.4 Å². The molecule has 0 bridgehead atoms. The maximum absolute atomic E-state index is 13.3. The second kappa shape index (κ2) is 10.6. The molecule has 0 fully saturated rings. The van der Waals surface area contributed by atoms with Crippen LogP contribution < -0.4 is 20.3 Å². The van der Waals surface area contributed by atoms with Crippen molar-refractivity contribution >= 4 is 23.4 Å². The van der Waals surface area contributed by atoms with Gasteiger partial charge in [-0.1, -0.05) is 17.8 Å². The highest BCUT2D eigenvalue weighted by Gasteiger charge is 2.31. The average molecular weight is 494 g/mol. The summed E-state index contributed by atoms with van der Waals surface area (Å²) in [5.41, 5.74) is -0.619. The number of anilines is 1. The summed E-state index contributed by atoms with van der Waals surface area (Å²) in [6.07, 6.45) is -2.91. The molecule has 1 amide bonds. The summed E-state index contributed by atoms with van der Waals surface area (Å²) >= 11 is 1.28. The molecule has 2 N–H and O–H groups in total. The molecule has 0 atom stereocenters. The number of alkyl halides is 3. The number of ether oxygens (including phenoxy) is 2. The van der Waals surface area contributed by atoms with E-state index < -0.39 is 17.6 Å². The van der Waals surface area contributed by atoms with E-state index in [1.807, 2.05) is 0 Å².